The zero-order valence-electron chi connectivity index (χ0n) is 14.8. The van der Waals surface area contributed by atoms with Crippen molar-refractivity contribution in [2.45, 2.75) is 44.9 Å². The average Bonchev–Trinajstić information content (AvgIpc) is 2.55. The second-order valence-electron chi connectivity index (χ2n) is 6.37. The predicted molar refractivity (Wildman–Crippen MR) is 94.8 cm³/mol. The van der Waals surface area contributed by atoms with Gasteiger partial charge in [-0.15, -0.1) is 0 Å². The minimum Gasteiger partial charge on any atom is -0.489 e. The summed E-state index contributed by atoms with van der Waals surface area (Å²) in [5, 5.41) is 14.6. The zero-order valence-corrected chi connectivity index (χ0v) is 14.8. The third-order valence-corrected chi connectivity index (χ3v) is 4.34. The molecule has 1 fully saturated rings. The van der Waals surface area contributed by atoms with Crippen molar-refractivity contribution in [2.75, 3.05) is 19.6 Å². The third kappa shape index (κ3) is 6.26. The molecule has 0 radical (unpaired) electrons. The summed E-state index contributed by atoms with van der Waals surface area (Å²) in [5.74, 6) is -0.0412. The van der Waals surface area contributed by atoms with Crippen molar-refractivity contribution in [1.29, 1.82) is 0 Å². The van der Waals surface area contributed by atoms with Crippen LogP contribution in [0.2, 0.25) is 0 Å². The van der Waals surface area contributed by atoms with E-state index in [4.69, 9.17) is 9.84 Å². The van der Waals surface area contributed by atoms with E-state index < -0.39 is 5.97 Å². The van der Waals surface area contributed by atoms with Gasteiger partial charge in [-0.05, 0) is 38.4 Å². The molecule has 1 aromatic carbocycles. The number of urea groups is 1. The van der Waals surface area contributed by atoms with E-state index in [0.29, 0.717) is 13.1 Å². The van der Waals surface area contributed by atoms with Gasteiger partial charge in [0, 0.05) is 12.1 Å². The number of carbonyl (C=O) groups is 2. The molecule has 0 saturated heterocycles. The molecule has 2 rings (SSSR count). The summed E-state index contributed by atoms with van der Waals surface area (Å²) in [5.41, 5.74) is 0. The van der Waals surface area contributed by atoms with Crippen molar-refractivity contribution in [3.05, 3.63) is 30.3 Å². The number of hydrogen-bond donors (Lipinski definition) is 3. The fourth-order valence-corrected chi connectivity index (χ4v) is 2.92. The van der Waals surface area contributed by atoms with Crippen LogP contribution in [-0.4, -0.2) is 59.8 Å². The van der Waals surface area contributed by atoms with Gasteiger partial charge < -0.3 is 20.5 Å². The molecule has 1 aliphatic carbocycles. The fourth-order valence-electron chi connectivity index (χ4n) is 2.92. The van der Waals surface area contributed by atoms with E-state index in [0.717, 1.165) is 18.6 Å². The Balaban J connectivity index is 1.62. The minimum atomic E-state index is -0.816. The molecule has 1 aromatic rings. The Kier molecular flexibility index (Phi) is 7.06. The molecule has 2 amide bonds. The minimum absolute atomic E-state index is 0.0500. The van der Waals surface area contributed by atoms with Gasteiger partial charge in [0.25, 0.3) is 0 Å². The lowest BCUT2D eigenvalue weighted by Gasteiger charge is -2.42. The summed E-state index contributed by atoms with van der Waals surface area (Å²) in [4.78, 5) is 24.7. The van der Waals surface area contributed by atoms with E-state index in [-0.39, 0.29) is 30.8 Å². The van der Waals surface area contributed by atoms with Crippen molar-refractivity contribution in [3.63, 3.8) is 0 Å². The van der Waals surface area contributed by atoms with Crippen molar-refractivity contribution in [1.82, 2.24) is 15.5 Å². The molecule has 138 valence electrons. The number of carboxylic acids is 1. The largest absolute Gasteiger partial charge is 0.489 e. The summed E-state index contributed by atoms with van der Waals surface area (Å²) in [6, 6.07) is 9.59. The van der Waals surface area contributed by atoms with Gasteiger partial charge in [0.15, 0.2) is 0 Å². The van der Waals surface area contributed by atoms with Gasteiger partial charge in [-0.1, -0.05) is 25.1 Å². The molecule has 7 heteroatoms. The Morgan fingerprint density at radius 2 is 2.00 bits per heavy atom. The molecule has 0 aliphatic heterocycles. The highest BCUT2D eigenvalue weighted by molar-refractivity contribution is 5.74. The van der Waals surface area contributed by atoms with E-state index in [9.17, 15) is 9.59 Å². The van der Waals surface area contributed by atoms with E-state index in [2.05, 4.69) is 10.6 Å². The van der Waals surface area contributed by atoms with Crippen LogP contribution in [-0.2, 0) is 4.79 Å². The van der Waals surface area contributed by atoms with Crippen LogP contribution in [0.25, 0.3) is 0 Å². The van der Waals surface area contributed by atoms with Crippen LogP contribution >= 0.6 is 0 Å². The van der Waals surface area contributed by atoms with Gasteiger partial charge in [0.05, 0.1) is 13.1 Å². The highest BCUT2D eigenvalue weighted by atomic mass is 16.5. The summed E-state index contributed by atoms with van der Waals surface area (Å²) >= 11 is 0. The first kappa shape index (κ1) is 19.1. The average molecular weight is 349 g/mol. The number of benzene rings is 1. The molecule has 1 aliphatic rings. The molecular formula is C18H27N3O4. The summed E-state index contributed by atoms with van der Waals surface area (Å²) in [7, 11) is 0. The smallest absolute Gasteiger partial charge is 0.317 e. The maximum Gasteiger partial charge on any atom is 0.317 e. The summed E-state index contributed by atoms with van der Waals surface area (Å²) in [6.07, 6.45) is 1.43. The normalized spacial score (nSPS) is 20.4. The Bertz CT molecular complexity index is 561. The Labute approximate surface area is 148 Å². The van der Waals surface area contributed by atoms with Crippen LogP contribution < -0.4 is 15.4 Å². The van der Waals surface area contributed by atoms with Gasteiger partial charge in [0.1, 0.15) is 11.9 Å². The lowest BCUT2D eigenvalue weighted by Crippen LogP contribution is -2.56. The SMILES string of the molecule is CCN(CC(=O)O)C1CC(NC(=O)NCC(C)Oc2ccccc2)C1. The Morgan fingerprint density at radius 1 is 1.32 bits per heavy atom. The van der Waals surface area contributed by atoms with Crippen molar-refractivity contribution in [3.8, 4) is 5.75 Å². The second kappa shape index (κ2) is 9.27. The molecule has 1 atom stereocenters. The monoisotopic (exact) mass is 349 g/mol. The molecule has 3 N–H and O–H groups in total. The number of rotatable bonds is 9. The van der Waals surface area contributed by atoms with Crippen molar-refractivity contribution < 1.29 is 19.4 Å². The maximum atomic E-state index is 11.9. The predicted octanol–water partition coefficient (Wildman–Crippen LogP) is 1.69. The van der Waals surface area contributed by atoms with Gasteiger partial charge in [0.2, 0.25) is 0 Å². The first-order valence-corrected chi connectivity index (χ1v) is 8.69. The lowest BCUT2D eigenvalue weighted by atomic mass is 9.85. The Morgan fingerprint density at radius 3 is 2.60 bits per heavy atom. The number of carbonyl (C=O) groups excluding carboxylic acids is 1. The fraction of sp³-hybridized carbons (Fsp3) is 0.556. The molecular weight excluding hydrogens is 322 g/mol. The molecule has 0 spiro atoms. The summed E-state index contributed by atoms with van der Waals surface area (Å²) < 4.78 is 5.71. The molecule has 7 nitrogen and oxygen atoms in total. The van der Waals surface area contributed by atoms with Crippen LogP contribution in [0.3, 0.4) is 0 Å². The van der Waals surface area contributed by atoms with Gasteiger partial charge >= 0.3 is 12.0 Å². The molecule has 0 heterocycles. The molecule has 0 bridgehead atoms. The number of aliphatic carboxylic acids is 1. The topological polar surface area (TPSA) is 90.9 Å². The standard InChI is InChI=1S/C18H27N3O4/c1-3-21(12-17(22)23)15-9-14(10-15)20-18(24)19-11-13(2)25-16-7-5-4-6-8-16/h4-8,13-15H,3,9-12H2,1-2H3,(H,22,23)(H2,19,20,24). The molecule has 1 unspecified atom stereocenters. The molecule has 0 aromatic heterocycles. The van der Waals surface area contributed by atoms with E-state index in [1.807, 2.05) is 49.1 Å². The zero-order chi connectivity index (χ0) is 18.2. The Hall–Kier alpha value is -2.28. The number of likely N-dealkylation sites (N-methyl/N-ethyl adjacent to an activating group) is 1. The van der Waals surface area contributed by atoms with Crippen molar-refractivity contribution >= 4 is 12.0 Å². The van der Waals surface area contributed by atoms with Crippen LogP contribution in [0, 0.1) is 0 Å². The number of ether oxygens (including phenoxy) is 1. The number of amides is 2. The first-order valence-electron chi connectivity index (χ1n) is 8.69. The number of nitrogens with zero attached hydrogens (tertiary/aromatic N) is 1. The molecule has 1 saturated carbocycles. The van der Waals surface area contributed by atoms with Crippen LogP contribution in [0.15, 0.2) is 30.3 Å². The first-order chi connectivity index (χ1) is 12.0. The van der Waals surface area contributed by atoms with E-state index >= 15 is 0 Å². The highest BCUT2D eigenvalue weighted by Crippen LogP contribution is 2.25. The third-order valence-electron chi connectivity index (χ3n) is 4.34. The van der Waals surface area contributed by atoms with Gasteiger partial charge in [-0.2, -0.15) is 0 Å². The number of hydrogen-bond acceptors (Lipinski definition) is 4. The number of para-hydroxylation sites is 1. The van der Waals surface area contributed by atoms with Crippen LogP contribution in [0.4, 0.5) is 4.79 Å². The lowest BCUT2D eigenvalue weighted by molar-refractivity contribution is -0.139. The number of nitrogens with one attached hydrogen (secondary N) is 2. The quantitative estimate of drug-likeness (QED) is 0.631. The van der Waals surface area contributed by atoms with Crippen molar-refractivity contribution in [2.24, 2.45) is 0 Å². The van der Waals surface area contributed by atoms with Gasteiger partial charge in [-0.3, -0.25) is 9.69 Å². The van der Waals surface area contributed by atoms with E-state index in [1.54, 1.807) is 0 Å². The van der Waals surface area contributed by atoms with Crippen LogP contribution in [0.1, 0.15) is 26.7 Å². The molecule has 25 heavy (non-hydrogen) atoms. The second-order valence-corrected chi connectivity index (χ2v) is 6.37. The van der Waals surface area contributed by atoms with E-state index in [1.165, 1.54) is 0 Å². The number of carboxylic acid groups (broad SMARTS) is 1. The summed E-state index contributed by atoms with van der Waals surface area (Å²) in [6.45, 7) is 5.01. The highest BCUT2D eigenvalue weighted by Gasteiger charge is 2.34. The maximum absolute atomic E-state index is 11.9. The van der Waals surface area contributed by atoms with Gasteiger partial charge in [-0.25, -0.2) is 4.79 Å². The van der Waals surface area contributed by atoms with Crippen LogP contribution in [0.5, 0.6) is 5.75 Å².